The molecule has 2 bridgehead atoms. The van der Waals surface area contributed by atoms with E-state index in [1.54, 1.807) is 0 Å². The van der Waals surface area contributed by atoms with Crippen molar-refractivity contribution < 1.29 is 28.7 Å². The Morgan fingerprint density at radius 1 is 0.754 bits per heavy atom. The van der Waals surface area contributed by atoms with Crippen LogP contribution in [0, 0.1) is 17.8 Å². The van der Waals surface area contributed by atoms with Gasteiger partial charge in [0, 0.05) is 12.6 Å². The molecule has 2 aliphatic heterocycles. The van der Waals surface area contributed by atoms with Crippen LogP contribution in [0.3, 0.4) is 0 Å². The summed E-state index contributed by atoms with van der Waals surface area (Å²) >= 11 is 0. The Morgan fingerprint density at radius 2 is 1.42 bits per heavy atom. The number of benzene rings is 3. The molecule has 4 N–H and O–H groups in total. The number of H-pyrrole nitrogens is 2. The molecule has 340 valence electrons. The molecule has 4 fully saturated rings. The third kappa shape index (κ3) is 7.61. The molecule has 14 nitrogen and oxygen atoms in total. The Hall–Kier alpha value is -6.18. The van der Waals surface area contributed by atoms with E-state index in [1.807, 2.05) is 43.7 Å². The van der Waals surface area contributed by atoms with Crippen molar-refractivity contribution in [2.24, 2.45) is 17.8 Å². The third-order valence-electron chi connectivity index (χ3n) is 15.3. The van der Waals surface area contributed by atoms with Crippen LogP contribution in [0.25, 0.3) is 44.5 Å². The summed E-state index contributed by atoms with van der Waals surface area (Å²) in [5.41, 5.74) is 11.6. The van der Waals surface area contributed by atoms with Crippen LogP contribution in [0.2, 0.25) is 0 Å². The van der Waals surface area contributed by atoms with Gasteiger partial charge in [-0.25, -0.2) is 19.6 Å². The first-order valence-corrected chi connectivity index (χ1v) is 23.6. The summed E-state index contributed by atoms with van der Waals surface area (Å²) in [7, 11) is 2.63. The highest BCUT2D eigenvalue weighted by molar-refractivity contribution is 5.89. The molecule has 9 atom stereocenters. The number of carbonyl (C=O) groups is 4. The van der Waals surface area contributed by atoms with Gasteiger partial charge in [0.05, 0.1) is 49.2 Å². The molecule has 14 heteroatoms. The number of amides is 4. The van der Waals surface area contributed by atoms with Gasteiger partial charge >= 0.3 is 12.2 Å². The molecule has 4 amide bonds. The number of methoxy groups -OCH3 is 2. The molecule has 0 spiro atoms. The number of aromatic nitrogens is 4. The molecule has 3 aromatic carbocycles. The summed E-state index contributed by atoms with van der Waals surface area (Å²) < 4.78 is 9.70. The standard InChI is InChI=1S/C51H60N8O6/c1-7-27(4)45(57-51(63)65-6)49(61)59-40-23-33(40)24-41(59)47-53-36-19-16-30(22-37(36)54-47)35-18-17-34(42-31-14-15-32(21-31)43(35)42)28-10-12-29(13-11-28)38-25-52-46(55-38)39-9-8-20-58(39)48(60)44(26(2)3)56-50(62)64-5/h10-13,16-19,22,25-27,31-33,39-41,44-45H,7-9,14-15,20-21,23-24H2,1-6H3,(H,52,55)(H,53,54)(H,56,62)(H,57,63)/t27?,31?,32?,33?,39-,40?,41-,44-,45-/m0/s1. The zero-order valence-electron chi connectivity index (χ0n) is 38.1. The van der Waals surface area contributed by atoms with Gasteiger partial charge in [0.25, 0.3) is 0 Å². The van der Waals surface area contributed by atoms with Crippen molar-refractivity contribution in [3.05, 3.63) is 83.6 Å². The molecule has 2 aromatic heterocycles. The Kier molecular flexibility index (Phi) is 11.2. The average molecular weight is 881 g/mol. The molecule has 65 heavy (non-hydrogen) atoms. The Bertz CT molecular complexity index is 2650. The lowest BCUT2D eigenvalue weighted by Crippen LogP contribution is -2.52. The number of piperidine rings is 1. The molecular weight excluding hydrogens is 821 g/mol. The van der Waals surface area contributed by atoms with E-state index < -0.39 is 24.3 Å². The maximum absolute atomic E-state index is 14.2. The fraction of sp³-hybridized carbons (Fsp3) is 0.490. The molecule has 2 saturated carbocycles. The first-order chi connectivity index (χ1) is 31.5. The molecule has 2 saturated heterocycles. The number of carbonyl (C=O) groups excluding carboxylic acids is 4. The molecule has 5 unspecified atom stereocenters. The van der Waals surface area contributed by atoms with Crippen LogP contribution >= 0.6 is 0 Å². The van der Waals surface area contributed by atoms with Crippen LogP contribution in [0.1, 0.15) is 126 Å². The van der Waals surface area contributed by atoms with E-state index >= 15 is 0 Å². The number of likely N-dealkylation sites (tertiary alicyclic amines) is 2. The van der Waals surface area contributed by atoms with Gasteiger partial charge in [0.15, 0.2) is 0 Å². The second-order valence-electron chi connectivity index (χ2n) is 19.4. The summed E-state index contributed by atoms with van der Waals surface area (Å²) in [6.07, 6.45) is 8.47. The Morgan fingerprint density at radius 3 is 2.09 bits per heavy atom. The van der Waals surface area contributed by atoms with E-state index in [2.05, 4.69) is 75.2 Å². The van der Waals surface area contributed by atoms with Crippen LogP contribution in [0.5, 0.6) is 0 Å². The van der Waals surface area contributed by atoms with Crippen molar-refractivity contribution >= 4 is 35.0 Å². The van der Waals surface area contributed by atoms with Gasteiger partial charge in [-0.3, -0.25) is 9.59 Å². The van der Waals surface area contributed by atoms with E-state index in [1.165, 1.54) is 61.3 Å². The van der Waals surface area contributed by atoms with Gasteiger partial charge < -0.3 is 39.9 Å². The topological polar surface area (TPSA) is 175 Å². The van der Waals surface area contributed by atoms with Crippen molar-refractivity contribution in [2.45, 2.75) is 121 Å². The first kappa shape index (κ1) is 42.8. The fourth-order valence-electron chi connectivity index (χ4n) is 11.6. The molecule has 4 heterocycles. The van der Waals surface area contributed by atoms with Crippen molar-refractivity contribution in [3.8, 4) is 33.5 Å². The van der Waals surface area contributed by atoms with Crippen molar-refractivity contribution in [3.63, 3.8) is 0 Å². The summed E-state index contributed by atoms with van der Waals surface area (Å²) in [6, 6.07) is 18.3. The van der Waals surface area contributed by atoms with Crippen LogP contribution < -0.4 is 10.6 Å². The van der Waals surface area contributed by atoms with E-state index in [0.717, 1.165) is 71.6 Å². The second-order valence-corrected chi connectivity index (χ2v) is 19.4. The largest absolute Gasteiger partial charge is 0.453 e. The summed E-state index contributed by atoms with van der Waals surface area (Å²) in [5.74, 6) is 2.71. The predicted octanol–water partition coefficient (Wildman–Crippen LogP) is 9.13. The molecule has 5 aliphatic rings. The van der Waals surface area contributed by atoms with Crippen molar-refractivity contribution in [1.29, 1.82) is 0 Å². The number of aromatic amines is 2. The number of ether oxygens (including phenoxy) is 2. The molecule has 5 aromatic rings. The maximum Gasteiger partial charge on any atom is 0.407 e. The molecular formula is C51H60N8O6. The van der Waals surface area contributed by atoms with Gasteiger partial charge in [0.2, 0.25) is 11.8 Å². The number of imidazole rings is 2. The number of fused-ring (bicyclic) bond motifs is 7. The van der Waals surface area contributed by atoms with E-state index in [4.69, 9.17) is 19.4 Å². The van der Waals surface area contributed by atoms with Crippen LogP contribution in [0.15, 0.2) is 60.8 Å². The highest BCUT2D eigenvalue weighted by Gasteiger charge is 2.56. The third-order valence-corrected chi connectivity index (χ3v) is 15.3. The summed E-state index contributed by atoms with van der Waals surface area (Å²) in [5, 5.41) is 5.55. The summed E-state index contributed by atoms with van der Waals surface area (Å²) in [6.45, 7) is 8.46. The minimum absolute atomic E-state index is 0.0462. The van der Waals surface area contributed by atoms with Gasteiger partial charge in [-0.15, -0.1) is 0 Å². The number of hydrogen-bond donors (Lipinski definition) is 4. The molecule has 0 radical (unpaired) electrons. The normalized spacial score (nSPS) is 24.2. The van der Waals surface area contributed by atoms with Crippen LogP contribution in [-0.2, 0) is 19.1 Å². The second kappa shape index (κ2) is 17.0. The minimum Gasteiger partial charge on any atom is -0.453 e. The minimum atomic E-state index is -0.684. The molecule has 10 rings (SSSR count). The average Bonchev–Trinajstić information content (AvgIpc) is 4.07. The monoisotopic (exact) mass is 880 g/mol. The van der Waals surface area contributed by atoms with Crippen molar-refractivity contribution in [1.82, 2.24) is 40.4 Å². The zero-order chi connectivity index (χ0) is 45.3. The van der Waals surface area contributed by atoms with Gasteiger partial charge in [0.1, 0.15) is 23.7 Å². The van der Waals surface area contributed by atoms with E-state index in [0.29, 0.717) is 24.3 Å². The highest BCUT2D eigenvalue weighted by atomic mass is 16.5. The van der Waals surface area contributed by atoms with Crippen LogP contribution in [-0.4, -0.2) is 92.6 Å². The lowest BCUT2D eigenvalue weighted by molar-refractivity contribution is -0.137. The lowest BCUT2D eigenvalue weighted by Gasteiger charge is -2.32. The Balaban J connectivity index is 0.891. The lowest BCUT2D eigenvalue weighted by atomic mass is 9.81. The van der Waals surface area contributed by atoms with Gasteiger partial charge in [-0.2, -0.15) is 0 Å². The smallest absolute Gasteiger partial charge is 0.407 e. The van der Waals surface area contributed by atoms with E-state index in [9.17, 15) is 19.2 Å². The van der Waals surface area contributed by atoms with Crippen LogP contribution in [0.4, 0.5) is 9.59 Å². The number of rotatable bonds is 12. The number of alkyl carbamates (subject to hydrolysis) is 2. The highest BCUT2D eigenvalue weighted by Crippen LogP contribution is 2.59. The van der Waals surface area contributed by atoms with E-state index in [-0.39, 0.29) is 41.8 Å². The zero-order valence-corrected chi connectivity index (χ0v) is 38.1. The van der Waals surface area contributed by atoms with Gasteiger partial charge in [-0.05, 0) is 126 Å². The van der Waals surface area contributed by atoms with Crippen molar-refractivity contribution in [2.75, 3.05) is 20.8 Å². The number of hydrogen-bond acceptors (Lipinski definition) is 8. The number of nitrogens with one attached hydrogen (secondary N) is 4. The SMILES string of the molecule is CCC(C)[C@H](NC(=O)OC)C(=O)N1C2CC2C[C@H]1c1nc2ccc(-c3ccc(-c4ccc(-c5cnc([C@@H]6CCCN6C(=O)[C@@H](NC(=O)OC)C(C)C)[nH]5)cc4)c4c3C3CCC4C3)cc2[nH]1. The van der Waals surface area contributed by atoms with Gasteiger partial charge in [-0.1, -0.05) is 76.6 Å². The number of nitrogens with zero attached hydrogens (tertiary/aromatic N) is 4. The Labute approximate surface area is 379 Å². The fourth-order valence-corrected chi connectivity index (χ4v) is 11.6. The first-order valence-electron chi connectivity index (χ1n) is 23.6. The summed E-state index contributed by atoms with van der Waals surface area (Å²) in [4.78, 5) is 73.1. The predicted molar refractivity (Wildman–Crippen MR) is 247 cm³/mol. The molecule has 3 aliphatic carbocycles. The quantitative estimate of drug-likeness (QED) is 0.0960. The maximum atomic E-state index is 14.2.